The van der Waals surface area contributed by atoms with Crippen LogP contribution in [0.4, 0.5) is 0 Å². The van der Waals surface area contributed by atoms with Crippen molar-refractivity contribution in [2.24, 2.45) is 0 Å². The van der Waals surface area contributed by atoms with Crippen molar-refractivity contribution in [2.75, 3.05) is 0 Å². The predicted octanol–water partition coefficient (Wildman–Crippen LogP) is -3.58. The third-order valence-corrected chi connectivity index (χ3v) is 0. The molecule has 2 N–H and O–H groups in total. The first-order chi connectivity index (χ1) is 1.73. The second kappa shape index (κ2) is 10.1. The van der Waals surface area contributed by atoms with Gasteiger partial charge in [0.05, 0.1) is 0 Å². The summed E-state index contributed by atoms with van der Waals surface area (Å²) < 4.78 is 22.8. The summed E-state index contributed by atoms with van der Waals surface area (Å²) in [5, 5.41) is 0. The fourth-order valence-corrected chi connectivity index (χ4v) is 0. The van der Waals surface area contributed by atoms with E-state index in [1.807, 2.05) is 0 Å². The Morgan fingerprint density at radius 3 is 1.33 bits per heavy atom. The van der Waals surface area contributed by atoms with Crippen LogP contribution >= 0.6 is 0 Å². The number of hydrogen-bond donors (Lipinski definition) is 2. The SMILES string of the molecule is O=S(O)O.[K+].[SH-]. The maximum atomic E-state index is 8.67. The van der Waals surface area contributed by atoms with Crippen molar-refractivity contribution in [1.29, 1.82) is 0 Å². The van der Waals surface area contributed by atoms with E-state index in [1.54, 1.807) is 0 Å². The van der Waals surface area contributed by atoms with Crippen LogP contribution in [0.25, 0.3) is 0 Å². The Kier molecular flexibility index (Phi) is 26.5. The summed E-state index contributed by atoms with van der Waals surface area (Å²) in [4.78, 5) is 0. The predicted molar refractivity (Wildman–Crippen MR) is 22.2 cm³/mol. The molecule has 0 amide bonds. The van der Waals surface area contributed by atoms with Gasteiger partial charge in [0.2, 0.25) is 0 Å². The van der Waals surface area contributed by atoms with Crippen LogP contribution in [0.15, 0.2) is 0 Å². The van der Waals surface area contributed by atoms with Crippen molar-refractivity contribution in [1.82, 2.24) is 0 Å². The molecular weight excluding hydrogens is 151 g/mol. The zero-order chi connectivity index (χ0) is 3.58. The van der Waals surface area contributed by atoms with Crippen molar-refractivity contribution in [3.05, 3.63) is 0 Å². The van der Waals surface area contributed by atoms with Gasteiger partial charge in [-0.25, -0.2) is 0 Å². The quantitative estimate of drug-likeness (QED) is 0.164. The van der Waals surface area contributed by atoms with Crippen molar-refractivity contribution >= 4 is 24.9 Å². The second-order valence-corrected chi connectivity index (χ2v) is 0.692. The maximum absolute atomic E-state index is 8.67. The fourth-order valence-electron chi connectivity index (χ4n) is 0. The molecular formula is H3KO3S2. The van der Waals surface area contributed by atoms with E-state index in [2.05, 4.69) is 0 Å². The average Bonchev–Trinajstić information content (AvgIpc) is 0.811. The van der Waals surface area contributed by atoms with Crippen molar-refractivity contribution in [3.8, 4) is 0 Å². The molecule has 0 aliphatic carbocycles. The first-order valence-corrected chi connectivity index (χ1v) is 1.60. The van der Waals surface area contributed by atoms with Crippen LogP contribution in [0.1, 0.15) is 0 Å². The van der Waals surface area contributed by atoms with Crippen LogP contribution in [-0.4, -0.2) is 13.3 Å². The molecule has 0 spiro atoms. The van der Waals surface area contributed by atoms with E-state index in [-0.39, 0.29) is 64.9 Å². The molecule has 6 heavy (non-hydrogen) atoms. The largest absolute Gasteiger partial charge is 1.00 e. The van der Waals surface area contributed by atoms with E-state index in [4.69, 9.17) is 13.3 Å². The van der Waals surface area contributed by atoms with E-state index in [0.717, 1.165) is 0 Å². The molecule has 0 unspecified atom stereocenters. The van der Waals surface area contributed by atoms with Gasteiger partial charge in [0.15, 0.2) is 0 Å². The minimum atomic E-state index is -2.61. The van der Waals surface area contributed by atoms with E-state index in [0.29, 0.717) is 0 Å². The molecule has 0 bridgehead atoms. The molecule has 0 aromatic rings. The molecule has 34 valence electrons. The van der Waals surface area contributed by atoms with Gasteiger partial charge in [-0.3, -0.25) is 9.11 Å². The third kappa shape index (κ3) is 36.6. The van der Waals surface area contributed by atoms with Crippen LogP contribution in [0.3, 0.4) is 0 Å². The summed E-state index contributed by atoms with van der Waals surface area (Å²) in [6.07, 6.45) is 0. The average molecular weight is 154 g/mol. The molecule has 6 heteroatoms. The monoisotopic (exact) mass is 154 g/mol. The summed E-state index contributed by atoms with van der Waals surface area (Å²) in [6.45, 7) is 0. The summed E-state index contributed by atoms with van der Waals surface area (Å²) in [5.41, 5.74) is 0. The third-order valence-electron chi connectivity index (χ3n) is 0. The smallest absolute Gasteiger partial charge is 0.813 e. The maximum Gasteiger partial charge on any atom is 1.00 e. The molecule has 0 radical (unpaired) electrons. The van der Waals surface area contributed by atoms with Crippen LogP contribution < -0.4 is 51.4 Å². The van der Waals surface area contributed by atoms with Gasteiger partial charge in [-0.15, -0.1) is 0 Å². The van der Waals surface area contributed by atoms with Gasteiger partial charge in [-0.1, -0.05) is 0 Å². The number of thiol groups is 1. The fraction of sp³-hybridized carbons (Fsp3) is 0. The van der Waals surface area contributed by atoms with Gasteiger partial charge in [0, 0.05) is 0 Å². The Bertz CT molecular complexity index is 31.8. The first kappa shape index (κ1) is 15.7. The van der Waals surface area contributed by atoms with E-state index in [9.17, 15) is 0 Å². The molecule has 0 saturated carbocycles. The minimum absolute atomic E-state index is 0. The van der Waals surface area contributed by atoms with Gasteiger partial charge in [0.1, 0.15) is 0 Å². The van der Waals surface area contributed by atoms with Gasteiger partial charge >= 0.3 is 51.4 Å². The summed E-state index contributed by atoms with van der Waals surface area (Å²) in [7, 11) is 0. The Labute approximate surface area is 87.9 Å². The minimum Gasteiger partial charge on any atom is -0.813 e. The summed E-state index contributed by atoms with van der Waals surface area (Å²) >= 11 is -2.61. The molecule has 0 rings (SSSR count). The van der Waals surface area contributed by atoms with E-state index >= 15 is 0 Å². The van der Waals surface area contributed by atoms with Gasteiger partial charge < -0.3 is 13.5 Å². The van der Waals surface area contributed by atoms with Crippen molar-refractivity contribution in [2.45, 2.75) is 0 Å². The number of rotatable bonds is 0. The van der Waals surface area contributed by atoms with Crippen molar-refractivity contribution < 1.29 is 64.7 Å². The van der Waals surface area contributed by atoms with Crippen molar-refractivity contribution in [3.63, 3.8) is 0 Å². The Morgan fingerprint density at radius 2 is 1.33 bits per heavy atom. The molecule has 0 atom stereocenters. The van der Waals surface area contributed by atoms with E-state index < -0.39 is 11.4 Å². The molecule has 0 aromatic heterocycles. The standard InChI is InChI=1S/K.H2O3S.H2S/c;1-4(2)3;/h;(H2,1,2,3);1H2/q+1;;/p-1. The van der Waals surface area contributed by atoms with E-state index in [1.165, 1.54) is 0 Å². The van der Waals surface area contributed by atoms with Gasteiger partial charge in [0.25, 0.3) is 11.4 Å². The Hall–Kier alpha value is 2.06. The van der Waals surface area contributed by atoms with Gasteiger partial charge in [-0.2, -0.15) is 4.21 Å². The summed E-state index contributed by atoms with van der Waals surface area (Å²) in [5.74, 6) is 0. The van der Waals surface area contributed by atoms with Crippen LogP contribution in [0.2, 0.25) is 0 Å². The number of hydrogen-bond acceptors (Lipinski definition) is 2. The molecule has 0 saturated heterocycles. The van der Waals surface area contributed by atoms with Crippen LogP contribution in [0, 0.1) is 0 Å². The molecule has 0 heterocycles. The Balaban J connectivity index is -0.0000000450. The normalized spacial score (nSPS) is 5.83. The first-order valence-electron chi connectivity index (χ1n) is 0.532. The summed E-state index contributed by atoms with van der Waals surface area (Å²) in [6, 6.07) is 0. The Morgan fingerprint density at radius 1 is 1.33 bits per heavy atom. The molecule has 0 aromatic carbocycles. The van der Waals surface area contributed by atoms with Crippen LogP contribution in [-0.2, 0) is 24.9 Å². The van der Waals surface area contributed by atoms with Crippen LogP contribution in [0.5, 0.6) is 0 Å². The zero-order valence-electron chi connectivity index (χ0n) is 3.16. The molecule has 0 fully saturated rings. The molecule has 3 nitrogen and oxygen atoms in total. The zero-order valence-corrected chi connectivity index (χ0v) is 7.99. The second-order valence-electron chi connectivity index (χ2n) is 0.231. The topological polar surface area (TPSA) is 57.5 Å². The molecule has 0 aliphatic heterocycles. The van der Waals surface area contributed by atoms with Gasteiger partial charge in [-0.05, 0) is 0 Å². The molecule has 0 aliphatic rings.